The number of hydrogen-bond acceptors (Lipinski definition) is 3. The van der Waals surface area contributed by atoms with E-state index in [1.807, 2.05) is 13.8 Å². The minimum absolute atomic E-state index is 0.0825. The predicted octanol–water partition coefficient (Wildman–Crippen LogP) is 2.59. The predicted molar refractivity (Wildman–Crippen MR) is 59.8 cm³/mol. The fourth-order valence-electron chi connectivity index (χ4n) is 1.52. The highest BCUT2D eigenvalue weighted by atomic mass is 16.7. The molecule has 0 aromatic heterocycles. The molecular formula is C12H24O3. The van der Waals surface area contributed by atoms with E-state index in [9.17, 15) is 0 Å². The lowest BCUT2D eigenvalue weighted by atomic mass is 10.3. The van der Waals surface area contributed by atoms with Crippen molar-refractivity contribution in [2.24, 2.45) is 5.92 Å². The molecule has 0 aromatic carbocycles. The smallest absolute Gasteiger partial charge is 0.159 e. The van der Waals surface area contributed by atoms with Crippen LogP contribution in [-0.4, -0.2) is 32.7 Å². The lowest BCUT2D eigenvalue weighted by Crippen LogP contribution is -2.19. The van der Waals surface area contributed by atoms with Gasteiger partial charge in [-0.05, 0) is 26.2 Å². The number of ether oxygens (including phenoxy) is 3. The second-order valence-electron chi connectivity index (χ2n) is 3.97. The third-order valence-corrected chi connectivity index (χ3v) is 2.57. The normalized spacial score (nSPS) is 16.2. The molecule has 90 valence electrons. The highest BCUT2D eigenvalue weighted by Crippen LogP contribution is 2.32. The Morgan fingerprint density at radius 1 is 1.07 bits per heavy atom. The van der Waals surface area contributed by atoms with E-state index >= 15 is 0 Å². The summed E-state index contributed by atoms with van der Waals surface area (Å²) in [6.45, 7) is 7.02. The Morgan fingerprint density at radius 2 is 1.73 bits per heavy atom. The van der Waals surface area contributed by atoms with Gasteiger partial charge in [-0.15, -0.1) is 0 Å². The molecule has 0 bridgehead atoms. The maximum Gasteiger partial charge on any atom is 0.159 e. The molecule has 0 amide bonds. The van der Waals surface area contributed by atoms with Gasteiger partial charge in [0.05, 0.1) is 6.61 Å². The van der Waals surface area contributed by atoms with Crippen molar-refractivity contribution in [3.8, 4) is 0 Å². The van der Waals surface area contributed by atoms with E-state index in [1.165, 1.54) is 19.3 Å². The van der Waals surface area contributed by atoms with E-state index in [1.54, 1.807) is 0 Å². The minimum atomic E-state index is -0.0825. The fourth-order valence-corrected chi connectivity index (χ4v) is 1.52. The molecule has 0 unspecified atom stereocenters. The van der Waals surface area contributed by atoms with Crippen LogP contribution < -0.4 is 0 Å². The van der Waals surface area contributed by atoms with Gasteiger partial charge in [0.1, 0.15) is 0 Å². The molecule has 1 rings (SSSR count). The molecule has 0 aromatic rings. The second-order valence-corrected chi connectivity index (χ2v) is 3.97. The van der Waals surface area contributed by atoms with E-state index in [-0.39, 0.29) is 6.29 Å². The van der Waals surface area contributed by atoms with Gasteiger partial charge in [-0.2, -0.15) is 0 Å². The minimum Gasteiger partial charge on any atom is -0.381 e. The maximum atomic E-state index is 5.55. The highest BCUT2D eigenvalue weighted by molar-refractivity contribution is 4.72. The van der Waals surface area contributed by atoms with Crippen LogP contribution >= 0.6 is 0 Å². The SMILES string of the molecule is CCOC(CCOCCC1CC1)OCC. The van der Waals surface area contributed by atoms with E-state index in [4.69, 9.17) is 14.2 Å². The molecule has 0 saturated heterocycles. The van der Waals surface area contributed by atoms with Crippen LogP contribution in [0.4, 0.5) is 0 Å². The monoisotopic (exact) mass is 216 g/mol. The molecule has 1 aliphatic carbocycles. The topological polar surface area (TPSA) is 27.7 Å². The first-order valence-corrected chi connectivity index (χ1v) is 6.17. The highest BCUT2D eigenvalue weighted by Gasteiger charge is 2.20. The lowest BCUT2D eigenvalue weighted by Gasteiger charge is -2.16. The summed E-state index contributed by atoms with van der Waals surface area (Å²) in [5, 5.41) is 0. The molecule has 0 aliphatic heterocycles. The molecule has 0 atom stereocenters. The molecular weight excluding hydrogens is 192 g/mol. The molecule has 0 spiro atoms. The zero-order valence-corrected chi connectivity index (χ0v) is 10.0. The average Bonchev–Trinajstić information content (AvgIpc) is 3.02. The van der Waals surface area contributed by atoms with Crippen LogP contribution in [0.25, 0.3) is 0 Å². The first-order valence-electron chi connectivity index (χ1n) is 6.17. The van der Waals surface area contributed by atoms with Gasteiger partial charge in [-0.25, -0.2) is 0 Å². The second kappa shape index (κ2) is 8.08. The van der Waals surface area contributed by atoms with Gasteiger partial charge in [0.2, 0.25) is 0 Å². The van der Waals surface area contributed by atoms with Gasteiger partial charge in [0.15, 0.2) is 6.29 Å². The molecule has 3 heteroatoms. The van der Waals surface area contributed by atoms with Crippen LogP contribution in [-0.2, 0) is 14.2 Å². The van der Waals surface area contributed by atoms with Crippen LogP contribution in [0.15, 0.2) is 0 Å². The zero-order chi connectivity index (χ0) is 10.9. The van der Waals surface area contributed by atoms with Crippen molar-refractivity contribution in [2.75, 3.05) is 26.4 Å². The van der Waals surface area contributed by atoms with Crippen molar-refractivity contribution in [1.82, 2.24) is 0 Å². The Morgan fingerprint density at radius 3 is 2.27 bits per heavy atom. The van der Waals surface area contributed by atoms with E-state index in [2.05, 4.69) is 0 Å². The van der Waals surface area contributed by atoms with Crippen molar-refractivity contribution < 1.29 is 14.2 Å². The Balaban J connectivity index is 1.89. The van der Waals surface area contributed by atoms with Gasteiger partial charge >= 0.3 is 0 Å². The Hall–Kier alpha value is -0.120. The summed E-state index contributed by atoms with van der Waals surface area (Å²) in [5.74, 6) is 0.958. The standard InChI is InChI=1S/C12H24O3/c1-3-14-12(15-4-2)8-10-13-9-7-11-5-6-11/h11-12H,3-10H2,1-2H3. The summed E-state index contributed by atoms with van der Waals surface area (Å²) in [6, 6.07) is 0. The first-order chi connectivity index (χ1) is 7.36. The summed E-state index contributed by atoms with van der Waals surface area (Å²) in [6.07, 6.45) is 4.80. The van der Waals surface area contributed by atoms with Crippen molar-refractivity contribution in [3.05, 3.63) is 0 Å². The molecule has 0 heterocycles. The molecule has 1 fully saturated rings. The van der Waals surface area contributed by atoms with Gasteiger partial charge < -0.3 is 14.2 Å². The zero-order valence-electron chi connectivity index (χ0n) is 10.0. The van der Waals surface area contributed by atoms with Gasteiger partial charge in [0, 0.05) is 26.2 Å². The van der Waals surface area contributed by atoms with Crippen molar-refractivity contribution in [1.29, 1.82) is 0 Å². The molecule has 1 saturated carbocycles. The Labute approximate surface area is 93.1 Å². The van der Waals surface area contributed by atoms with Crippen molar-refractivity contribution in [3.63, 3.8) is 0 Å². The number of rotatable bonds is 10. The largest absolute Gasteiger partial charge is 0.381 e. The summed E-state index contributed by atoms with van der Waals surface area (Å²) >= 11 is 0. The van der Waals surface area contributed by atoms with Crippen molar-refractivity contribution >= 4 is 0 Å². The third-order valence-electron chi connectivity index (χ3n) is 2.57. The fraction of sp³-hybridized carbons (Fsp3) is 1.00. The maximum absolute atomic E-state index is 5.55. The van der Waals surface area contributed by atoms with Gasteiger partial charge in [-0.3, -0.25) is 0 Å². The van der Waals surface area contributed by atoms with Crippen LogP contribution in [0.3, 0.4) is 0 Å². The van der Waals surface area contributed by atoms with Gasteiger partial charge in [-0.1, -0.05) is 12.8 Å². The lowest BCUT2D eigenvalue weighted by molar-refractivity contribution is -0.146. The van der Waals surface area contributed by atoms with Crippen LogP contribution in [0.2, 0.25) is 0 Å². The first kappa shape index (κ1) is 12.9. The van der Waals surface area contributed by atoms with E-state index < -0.39 is 0 Å². The van der Waals surface area contributed by atoms with Crippen LogP contribution in [0.1, 0.15) is 39.5 Å². The summed E-state index contributed by atoms with van der Waals surface area (Å²) < 4.78 is 16.4. The third kappa shape index (κ3) is 6.88. The Kier molecular flexibility index (Phi) is 6.98. The van der Waals surface area contributed by atoms with Crippen molar-refractivity contribution in [2.45, 2.75) is 45.8 Å². The van der Waals surface area contributed by atoms with E-state index in [0.717, 1.165) is 25.6 Å². The average molecular weight is 216 g/mol. The van der Waals surface area contributed by atoms with Gasteiger partial charge in [0.25, 0.3) is 0 Å². The van der Waals surface area contributed by atoms with Crippen LogP contribution in [0.5, 0.6) is 0 Å². The molecule has 3 nitrogen and oxygen atoms in total. The summed E-state index contributed by atoms with van der Waals surface area (Å²) in [5.41, 5.74) is 0. The summed E-state index contributed by atoms with van der Waals surface area (Å²) in [4.78, 5) is 0. The Bertz CT molecular complexity index is 140. The molecule has 0 radical (unpaired) electrons. The number of hydrogen-bond donors (Lipinski definition) is 0. The van der Waals surface area contributed by atoms with E-state index in [0.29, 0.717) is 13.2 Å². The molecule has 15 heavy (non-hydrogen) atoms. The molecule has 0 N–H and O–H groups in total. The molecule has 1 aliphatic rings. The summed E-state index contributed by atoms with van der Waals surface area (Å²) in [7, 11) is 0. The van der Waals surface area contributed by atoms with Crippen LogP contribution in [0, 0.1) is 5.92 Å². The quantitative estimate of drug-likeness (QED) is 0.415.